The van der Waals surface area contributed by atoms with Crippen molar-refractivity contribution in [3.63, 3.8) is 0 Å². The predicted molar refractivity (Wildman–Crippen MR) is 96.1 cm³/mol. The van der Waals surface area contributed by atoms with Crippen LogP contribution in [-0.2, 0) is 0 Å². The summed E-state index contributed by atoms with van der Waals surface area (Å²) in [4.78, 5) is 0. The van der Waals surface area contributed by atoms with Crippen LogP contribution in [0.25, 0.3) is 0 Å². The Morgan fingerprint density at radius 1 is 0.950 bits per heavy atom. The molecule has 0 radical (unpaired) electrons. The Morgan fingerprint density at radius 3 is 1.85 bits per heavy atom. The number of hydrogen-bond donors (Lipinski definition) is 0. The molecule has 1 unspecified atom stereocenters. The van der Waals surface area contributed by atoms with E-state index in [4.69, 9.17) is 0 Å². The summed E-state index contributed by atoms with van der Waals surface area (Å²) in [5.41, 5.74) is 4.32. The summed E-state index contributed by atoms with van der Waals surface area (Å²) >= 11 is 0. The molecule has 20 heavy (non-hydrogen) atoms. The van der Waals surface area contributed by atoms with Gasteiger partial charge in [-0.15, -0.1) is 6.58 Å². The zero-order valence-corrected chi connectivity index (χ0v) is 14.9. The molecule has 0 bridgehead atoms. The molecule has 0 aliphatic heterocycles. The fourth-order valence-corrected chi connectivity index (χ4v) is 1.49. The maximum absolute atomic E-state index is 3.74. The molecule has 0 aliphatic rings. The molecule has 0 aromatic heterocycles. The van der Waals surface area contributed by atoms with Gasteiger partial charge in [-0.25, -0.2) is 0 Å². The van der Waals surface area contributed by atoms with Crippen LogP contribution in [0, 0.1) is 5.92 Å². The van der Waals surface area contributed by atoms with Crippen LogP contribution in [0.15, 0.2) is 47.6 Å². The summed E-state index contributed by atoms with van der Waals surface area (Å²) in [7, 11) is 0. The first-order chi connectivity index (χ1) is 9.33. The summed E-state index contributed by atoms with van der Waals surface area (Å²) in [6.07, 6.45) is 13.6. The molecule has 0 aromatic carbocycles. The third-order valence-electron chi connectivity index (χ3n) is 3.16. The van der Waals surface area contributed by atoms with E-state index < -0.39 is 0 Å². The van der Waals surface area contributed by atoms with Crippen molar-refractivity contribution in [3.8, 4) is 0 Å². The summed E-state index contributed by atoms with van der Waals surface area (Å²) in [6.45, 7) is 18.8. The molecular weight excluding hydrogens is 240 g/mol. The normalized spacial score (nSPS) is 11.8. The molecule has 0 rings (SSSR count). The fraction of sp³-hybridized carbons (Fsp3) is 0.600. The second-order valence-electron chi connectivity index (χ2n) is 6.03. The van der Waals surface area contributed by atoms with Crippen molar-refractivity contribution in [2.24, 2.45) is 5.92 Å². The van der Waals surface area contributed by atoms with Crippen LogP contribution >= 0.6 is 0 Å². The minimum absolute atomic E-state index is 0.663. The maximum atomic E-state index is 3.74. The van der Waals surface area contributed by atoms with E-state index in [2.05, 4.69) is 73.3 Å². The second-order valence-corrected chi connectivity index (χ2v) is 6.03. The van der Waals surface area contributed by atoms with Crippen molar-refractivity contribution in [3.05, 3.63) is 47.6 Å². The van der Waals surface area contributed by atoms with Gasteiger partial charge in [-0.1, -0.05) is 47.9 Å². The van der Waals surface area contributed by atoms with E-state index >= 15 is 0 Å². The molecule has 1 atom stereocenters. The van der Waals surface area contributed by atoms with E-state index in [1.54, 1.807) is 0 Å². The first kappa shape index (κ1) is 21.3. The molecule has 0 amide bonds. The second kappa shape index (κ2) is 14.4. The Morgan fingerprint density at radius 2 is 1.45 bits per heavy atom. The van der Waals surface area contributed by atoms with Crippen LogP contribution in [0.2, 0.25) is 0 Å². The van der Waals surface area contributed by atoms with E-state index in [0.717, 1.165) is 0 Å². The van der Waals surface area contributed by atoms with Crippen molar-refractivity contribution >= 4 is 0 Å². The lowest BCUT2D eigenvalue weighted by atomic mass is 10.1. The van der Waals surface area contributed by atoms with E-state index in [9.17, 15) is 0 Å². The minimum Gasteiger partial charge on any atom is -0.103 e. The lowest BCUT2D eigenvalue weighted by Gasteiger charge is -2.01. The Kier molecular flexibility index (Phi) is 15.3. The molecule has 0 fully saturated rings. The molecule has 0 N–H and O–H groups in total. The van der Waals surface area contributed by atoms with Gasteiger partial charge in [0.2, 0.25) is 0 Å². The van der Waals surface area contributed by atoms with Gasteiger partial charge in [-0.3, -0.25) is 0 Å². The van der Waals surface area contributed by atoms with Gasteiger partial charge in [0.25, 0.3) is 0 Å². The fourth-order valence-electron chi connectivity index (χ4n) is 1.49. The van der Waals surface area contributed by atoms with Gasteiger partial charge in [0.05, 0.1) is 0 Å². The van der Waals surface area contributed by atoms with Crippen LogP contribution in [-0.4, -0.2) is 0 Å². The van der Waals surface area contributed by atoms with Crippen molar-refractivity contribution in [2.75, 3.05) is 0 Å². The van der Waals surface area contributed by atoms with Crippen LogP contribution in [0.4, 0.5) is 0 Å². The summed E-state index contributed by atoms with van der Waals surface area (Å²) in [6, 6.07) is 0. The molecule has 0 heteroatoms. The van der Waals surface area contributed by atoms with E-state index in [1.807, 2.05) is 6.08 Å². The van der Waals surface area contributed by atoms with E-state index in [-0.39, 0.29) is 0 Å². The monoisotopic (exact) mass is 276 g/mol. The molecule has 116 valence electrons. The first-order valence-corrected chi connectivity index (χ1v) is 7.84. The standard InChI is InChI=1S/2C10H18/c2*1-5-10(4)8-6-7-9(2)3/h5,7H,6,8H2,1-4H3;5,7,10H,1,6,8H2,2-4H3/b10-5+;. The molecule has 0 nitrogen and oxygen atoms in total. The van der Waals surface area contributed by atoms with Crippen molar-refractivity contribution in [2.45, 2.75) is 74.1 Å². The molecule has 0 aromatic rings. The van der Waals surface area contributed by atoms with Gasteiger partial charge in [0.15, 0.2) is 0 Å². The third-order valence-corrected chi connectivity index (χ3v) is 3.16. The average Bonchev–Trinajstić information content (AvgIpc) is 2.38. The summed E-state index contributed by atoms with van der Waals surface area (Å²) < 4.78 is 0. The Bertz CT molecular complexity index is 318. The van der Waals surface area contributed by atoms with Crippen molar-refractivity contribution in [1.29, 1.82) is 0 Å². The predicted octanol–water partition coefficient (Wildman–Crippen LogP) is 7.25. The largest absolute Gasteiger partial charge is 0.103 e. The van der Waals surface area contributed by atoms with Gasteiger partial charge >= 0.3 is 0 Å². The van der Waals surface area contributed by atoms with Gasteiger partial charge < -0.3 is 0 Å². The lowest BCUT2D eigenvalue weighted by molar-refractivity contribution is 0.658. The van der Waals surface area contributed by atoms with E-state index in [0.29, 0.717) is 5.92 Å². The highest BCUT2D eigenvalue weighted by Crippen LogP contribution is 2.07. The summed E-state index contributed by atoms with van der Waals surface area (Å²) in [5, 5.41) is 0. The SMILES string of the molecule is C/C=C(\C)CCC=C(C)C.C=CC(C)CCC=C(C)C. The topological polar surface area (TPSA) is 0 Å². The number of allylic oxidation sites excluding steroid dienone is 7. The minimum atomic E-state index is 0.663. The third kappa shape index (κ3) is 19.3. The molecule has 0 heterocycles. The summed E-state index contributed by atoms with van der Waals surface area (Å²) in [5.74, 6) is 0.663. The average molecular weight is 277 g/mol. The van der Waals surface area contributed by atoms with Gasteiger partial charge in [-0.05, 0) is 73.1 Å². The lowest BCUT2D eigenvalue weighted by Crippen LogP contribution is -1.86. The highest BCUT2D eigenvalue weighted by Gasteiger charge is 1.92. The van der Waals surface area contributed by atoms with Gasteiger partial charge in [0, 0.05) is 0 Å². The van der Waals surface area contributed by atoms with Crippen LogP contribution < -0.4 is 0 Å². The molecule has 0 saturated heterocycles. The molecule has 0 saturated carbocycles. The quantitative estimate of drug-likeness (QED) is 0.429. The molecule has 0 aliphatic carbocycles. The highest BCUT2D eigenvalue weighted by molar-refractivity contribution is 5.00. The van der Waals surface area contributed by atoms with Crippen LogP contribution in [0.1, 0.15) is 74.1 Å². The van der Waals surface area contributed by atoms with Gasteiger partial charge in [0.1, 0.15) is 0 Å². The smallest absolute Gasteiger partial charge is 0.0262 e. The van der Waals surface area contributed by atoms with Crippen molar-refractivity contribution in [1.82, 2.24) is 0 Å². The van der Waals surface area contributed by atoms with E-state index in [1.165, 1.54) is 42.4 Å². The Labute approximate surface area is 128 Å². The molecular formula is C20H36. The Balaban J connectivity index is 0. The van der Waals surface area contributed by atoms with Crippen LogP contribution in [0.5, 0.6) is 0 Å². The Hall–Kier alpha value is -1.04. The number of rotatable bonds is 7. The zero-order valence-electron chi connectivity index (χ0n) is 14.9. The molecule has 0 spiro atoms. The zero-order chi connectivity index (χ0) is 16.0. The maximum Gasteiger partial charge on any atom is -0.0262 e. The van der Waals surface area contributed by atoms with Crippen LogP contribution in [0.3, 0.4) is 0 Å². The van der Waals surface area contributed by atoms with Gasteiger partial charge in [-0.2, -0.15) is 0 Å². The highest BCUT2D eigenvalue weighted by atomic mass is 14.0. The van der Waals surface area contributed by atoms with Crippen molar-refractivity contribution < 1.29 is 0 Å². The first-order valence-electron chi connectivity index (χ1n) is 7.84. The number of hydrogen-bond acceptors (Lipinski definition) is 0.